The number of allylic oxidation sites excluding steroid dienone is 3. The first-order valence-corrected chi connectivity index (χ1v) is 10.8. The number of thiazole rings is 1. The van der Waals surface area contributed by atoms with Gasteiger partial charge in [0.1, 0.15) is 0 Å². The lowest BCUT2D eigenvalue weighted by Crippen LogP contribution is -2.38. The number of rotatable bonds is 8. The zero-order chi connectivity index (χ0) is 18.5. The zero-order valence-corrected chi connectivity index (χ0v) is 17.1. The Labute approximate surface area is 163 Å². The Bertz CT molecular complexity index is 801. The predicted molar refractivity (Wildman–Crippen MR) is 111 cm³/mol. The standard InChI is InChI=1S/C20H25N3OS2/c1-4-23(5-2)19(17-8-9-25-12-17)11-21-20(24)16-7-6-15(10-16)18-13-26-14(3)22-18/h6,8-10,12-13,19H,4-5,7,11H2,1-3H3,(H,21,24). The minimum Gasteiger partial charge on any atom is -0.350 e. The lowest BCUT2D eigenvalue weighted by atomic mass is 10.1. The van der Waals surface area contributed by atoms with Crippen LogP contribution < -0.4 is 5.32 Å². The lowest BCUT2D eigenvalue weighted by Gasteiger charge is -2.29. The number of nitrogens with zero attached hydrogens (tertiary/aromatic N) is 2. The average Bonchev–Trinajstić information content (AvgIpc) is 3.38. The second kappa shape index (κ2) is 8.75. The van der Waals surface area contributed by atoms with Gasteiger partial charge in [0.05, 0.1) is 16.7 Å². The maximum absolute atomic E-state index is 12.7. The SMILES string of the molecule is CCN(CC)C(CNC(=O)C1=CC(c2csc(C)n2)=CC1)c1ccsc1. The van der Waals surface area contributed by atoms with Crippen molar-refractivity contribution in [3.05, 3.63) is 56.2 Å². The molecule has 1 amide bonds. The number of hydrogen-bond donors (Lipinski definition) is 1. The number of carbonyl (C=O) groups excluding carboxylic acids is 1. The zero-order valence-electron chi connectivity index (χ0n) is 15.5. The van der Waals surface area contributed by atoms with Crippen LogP contribution in [0.1, 0.15) is 42.6 Å². The van der Waals surface area contributed by atoms with Crippen molar-refractivity contribution in [3.63, 3.8) is 0 Å². The molecule has 2 aromatic rings. The molecule has 0 aliphatic heterocycles. The number of carbonyl (C=O) groups is 1. The van der Waals surface area contributed by atoms with Crippen LogP contribution in [0.15, 0.2) is 39.9 Å². The van der Waals surface area contributed by atoms with Gasteiger partial charge >= 0.3 is 0 Å². The molecular formula is C20H25N3OS2. The van der Waals surface area contributed by atoms with Crippen LogP contribution >= 0.6 is 22.7 Å². The van der Waals surface area contributed by atoms with Crippen molar-refractivity contribution in [3.8, 4) is 0 Å². The van der Waals surface area contributed by atoms with Gasteiger partial charge in [-0.2, -0.15) is 11.3 Å². The summed E-state index contributed by atoms with van der Waals surface area (Å²) in [4.78, 5) is 19.5. The average molecular weight is 388 g/mol. The first-order valence-electron chi connectivity index (χ1n) is 9.00. The highest BCUT2D eigenvalue weighted by Gasteiger charge is 2.21. The smallest absolute Gasteiger partial charge is 0.247 e. The largest absolute Gasteiger partial charge is 0.350 e. The molecule has 0 fully saturated rings. The van der Waals surface area contributed by atoms with E-state index in [0.29, 0.717) is 13.0 Å². The maximum atomic E-state index is 12.7. The van der Waals surface area contributed by atoms with Crippen molar-refractivity contribution in [1.29, 1.82) is 0 Å². The molecule has 0 aromatic carbocycles. The van der Waals surface area contributed by atoms with E-state index in [4.69, 9.17) is 0 Å². The van der Waals surface area contributed by atoms with Crippen molar-refractivity contribution in [2.75, 3.05) is 19.6 Å². The molecular weight excluding hydrogens is 362 g/mol. The van der Waals surface area contributed by atoms with Crippen LogP contribution in [-0.2, 0) is 4.79 Å². The van der Waals surface area contributed by atoms with Gasteiger partial charge in [-0.15, -0.1) is 11.3 Å². The fraction of sp³-hybridized carbons (Fsp3) is 0.400. The van der Waals surface area contributed by atoms with Crippen LogP contribution in [0.2, 0.25) is 0 Å². The molecule has 6 heteroatoms. The van der Waals surface area contributed by atoms with Gasteiger partial charge in [0.15, 0.2) is 0 Å². The molecule has 1 atom stereocenters. The highest BCUT2D eigenvalue weighted by Crippen LogP contribution is 2.27. The Morgan fingerprint density at radius 3 is 2.77 bits per heavy atom. The molecule has 0 bridgehead atoms. The number of aryl methyl sites for hydroxylation is 1. The lowest BCUT2D eigenvalue weighted by molar-refractivity contribution is -0.117. The maximum Gasteiger partial charge on any atom is 0.247 e. The van der Waals surface area contributed by atoms with E-state index in [-0.39, 0.29) is 11.9 Å². The Hall–Kier alpha value is -1.76. The summed E-state index contributed by atoms with van der Waals surface area (Å²) in [6, 6.07) is 2.37. The number of likely N-dealkylation sites (N-methyl/N-ethyl adjacent to an activating group) is 1. The molecule has 0 saturated heterocycles. The first-order chi connectivity index (χ1) is 12.6. The number of thiophene rings is 1. The summed E-state index contributed by atoms with van der Waals surface area (Å²) in [5.41, 5.74) is 4.11. The molecule has 1 unspecified atom stereocenters. The number of hydrogen-bond acceptors (Lipinski definition) is 5. The van der Waals surface area contributed by atoms with Crippen molar-refractivity contribution in [1.82, 2.24) is 15.2 Å². The Balaban J connectivity index is 1.64. The van der Waals surface area contributed by atoms with Crippen LogP contribution in [-0.4, -0.2) is 35.4 Å². The third-order valence-corrected chi connectivity index (χ3v) is 6.19. The van der Waals surface area contributed by atoms with Gasteiger partial charge in [0.25, 0.3) is 0 Å². The molecule has 26 heavy (non-hydrogen) atoms. The van der Waals surface area contributed by atoms with Crippen LogP contribution in [0.3, 0.4) is 0 Å². The van der Waals surface area contributed by atoms with E-state index in [1.807, 2.05) is 18.4 Å². The molecule has 2 heterocycles. The van der Waals surface area contributed by atoms with E-state index in [2.05, 4.69) is 52.0 Å². The van der Waals surface area contributed by atoms with Gasteiger partial charge in [-0.1, -0.05) is 19.9 Å². The molecule has 1 aliphatic rings. The summed E-state index contributed by atoms with van der Waals surface area (Å²) in [7, 11) is 0. The quantitative estimate of drug-likeness (QED) is 0.729. The van der Waals surface area contributed by atoms with Crippen molar-refractivity contribution in [2.24, 2.45) is 0 Å². The fourth-order valence-electron chi connectivity index (χ4n) is 3.25. The van der Waals surface area contributed by atoms with E-state index < -0.39 is 0 Å². The van der Waals surface area contributed by atoms with Gasteiger partial charge in [0, 0.05) is 17.5 Å². The first kappa shape index (κ1) is 19.0. The molecule has 138 valence electrons. The second-order valence-corrected chi connectivity index (χ2v) is 8.13. The van der Waals surface area contributed by atoms with Gasteiger partial charge in [-0.05, 0) is 60.5 Å². The normalized spacial score (nSPS) is 15.1. The second-order valence-electron chi connectivity index (χ2n) is 6.29. The van der Waals surface area contributed by atoms with Crippen molar-refractivity contribution in [2.45, 2.75) is 33.2 Å². The van der Waals surface area contributed by atoms with Gasteiger partial charge in [-0.25, -0.2) is 4.98 Å². The number of amides is 1. The van der Waals surface area contributed by atoms with Crippen LogP contribution in [0.25, 0.3) is 5.57 Å². The molecule has 1 N–H and O–H groups in total. The van der Waals surface area contributed by atoms with E-state index in [1.165, 1.54) is 5.56 Å². The number of nitrogens with one attached hydrogen (secondary N) is 1. The summed E-state index contributed by atoms with van der Waals surface area (Å²) in [6.45, 7) is 8.87. The highest BCUT2D eigenvalue weighted by molar-refractivity contribution is 7.09. The summed E-state index contributed by atoms with van der Waals surface area (Å²) in [5.74, 6) is 0.0237. The molecule has 3 rings (SSSR count). The van der Waals surface area contributed by atoms with Gasteiger partial charge in [0.2, 0.25) is 5.91 Å². The molecule has 0 saturated carbocycles. The fourth-order valence-corrected chi connectivity index (χ4v) is 4.58. The minimum absolute atomic E-state index is 0.0237. The predicted octanol–water partition coefficient (Wildman–Crippen LogP) is 4.43. The van der Waals surface area contributed by atoms with Crippen LogP contribution in [0.4, 0.5) is 0 Å². The van der Waals surface area contributed by atoms with E-state index in [1.54, 1.807) is 22.7 Å². The van der Waals surface area contributed by atoms with E-state index in [9.17, 15) is 4.79 Å². The Morgan fingerprint density at radius 1 is 1.35 bits per heavy atom. The van der Waals surface area contributed by atoms with Gasteiger partial charge in [-0.3, -0.25) is 9.69 Å². The monoisotopic (exact) mass is 387 g/mol. The van der Waals surface area contributed by atoms with Gasteiger partial charge < -0.3 is 5.32 Å². The number of aromatic nitrogens is 1. The Kier molecular flexibility index (Phi) is 6.40. The molecule has 2 aromatic heterocycles. The molecule has 4 nitrogen and oxygen atoms in total. The van der Waals surface area contributed by atoms with Crippen molar-refractivity contribution < 1.29 is 4.79 Å². The Morgan fingerprint density at radius 2 is 2.15 bits per heavy atom. The van der Waals surface area contributed by atoms with Crippen LogP contribution in [0.5, 0.6) is 0 Å². The van der Waals surface area contributed by atoms with E-state index in [0.717, 1.165) is 34.9 Å². The third kappa shape index (κ3) is 4.31. The summed E-state index contributed by atoms with van der Waals surface area (Å²) >= 11 is 3.34. The highest BCUT2D eigenvalue weighted by atomic mass is 32.1. The van der Waals surface area contributed by atoms with Crippen LogP contribution in [0, 0.1) is 6.92 Å². The summed E-state index contributed by atoms with van der Waals surface area (Å²) in [6.07, 6.45) is 4.73. The minimum atomic E-state index is 0.0237. The van der Waals surface area contributed by atoms with Crippen molar-refractivity contribution >= 4 is 34.2 Å². The molecule has 0 radical (unpaired) electrons. The molecule has 0 spiro atoms. The topological polar surface area (TPSA) is 45.2 Å². The third-order valence-electron chi connectivity index (χ3n) is 4.72. The molecule has 1 aliphatic carbocycles. The van der Waals surface area contributed by atoms with E-state index >= 15 is 0 Å². The summed E-state index contributed by atoms with van der Waals surface area (Å²) < 4.78 is 0. The summed E-state index contributed by atoms with van der Waals surface area (Å²) in [5, 5.41) is 10.5.